The Labute approximate surface area is 162 Å². The van der Waals surface area contributed by atoms with Gasteiger partial charge in [0.15, 0.2) is 5.78 Å². The Kier molecular flexibility index (Phi) is 6.58. The number of hydrogen-bond acceptors (Lipinski definition) is 4. The highest BCUT2D eigenvalue weighted by atomic mass is 35.5. The van der Waals surface area contributed by atoms with Crippen LogP contribution in [0, 0.1) is 13.8 Å². The van der Waals surface area contributed by atoms with Crippen molar-refractivity contribution in [2.24, 2.45) is 0 Å². The number of H-pyrrole nitrogens is 1. The van der Waals surface area contributed by atoms with Crippen molar-refractivity contribution in [1.82, 2.24) is 9.88 Å². The lowest BCUT2D eigenvalue weighted by molar-refractivity contribution is 0.0593. The molecule has 7 heteroatoms. The molecule has 2 rings (SSSR count). The van der Waals surface area contributed by atoms with E-state index in [-0.39, 0.29) is 30.5 Å². The summed E-state index contributed by atoms with van der Waals surface area (Å²) in [5.41, 5.74) is 2.09. The minimum absolute atomic E-state index is 0.145. The van der Waals surface area contributed by atoms with E-state index in [0.29, 0.717) is 27.4 Å². The van der Waals surface area contributed by atoms with Gasteiger partial charge in [-0.2, -0.15) is 0 Å². The molecule has 0 unspecified atom stereocenters. The number of aromatic amines is 1. The van der Waals surface area contributed by atoms with Crippen LogP contribution in [0.15, 0.2) is 36.9 Å². The Morgan fingerprint density at radius 2 is 1.85 bits per heavy atom. The molecule has 1 aromatic carbocycles. The standard InChI is InChI=1S/C20H21ClN2O4/c1-5-10-23(19(25)14-6-8-15(21)9-7-14)11-16(24)17-12(2)18(20(26)27-4)22-13(17)3/h5-9,22H,1,10-11H2,2-4H3. The lowest BCUT2D eigenvalue weighted by atomic mass is 10.0. The van der Waals surface area contributed by atoms with Crippen molar-refractivity contribution in [3.63, 3.8) is 0 Å². The minimum atomic E-state index is -0.546. The maximum atomic E-state index is 12.9. The molecule has 1 N–H and O–H groups in total. The summed E-state index contributed by atoms with van der Waals surface area (Å²) in [5, 5.41) is 0.520. The highest BCUT2D eigenvalue weighted by Crippen LogP contribution is 2.20. The summed E-state index contributed by atoms with van der Waals surface area (Å²) in [6, 6.07) is 6.44. The second-order valence-electron chi connectivity index (χ2n) is 6.02. The second kappa shape index (κ2) is 8.68. The molecule has 0 radical (unpaired) electrons. The normalized spacial score (nSPS) is 10.4. The molecule has 0 saturated carbocycles. The number of esters is 1. The first-order valence-corrected chi connectivity index (χ1v) is 8.64. The molecule has 0 fully saturated rings. The van der Waals surface area contributed by atoms with Crippen LogP contribution in [0.3, 0.4) is 0 Å². The molecular weight excluding hydrogens is 368 g/mol. The van der Waals surface area contributed by atoms with E-state index in [1.807, 2.05) is 0 Å². The lowest BCUT2D eigenvalue weighted by Gasteiger charge is -2.20. The number of benzene rings is 1. The number of halogens is 1. The van der Waals surface area contributed by atoms with Gasteiger partial charge in [0.05, 0.1) is 13.7 Å². The monoisotopic (exact) mass is 388 g/mol. The summed E-state index contributed by atoms with van der Waals surface area (Å²) in [5.74, 6) is -1.13. The van der Waals surface area contributed by atoms with Crippen LogP contribution in [0.1, 0.15) is 42.5 Å². The van der Waals surface area contributed by atoms with Crippen LogP contribution in [0.25, 0.3) is 0 Å². The highest BCUT2D eigenvalue weighted by Gasteiger charge is 2.25. The van der Waals surface area contributed by atoms with Gasteiger partial charge >= 0.3 is 5.97 Å². The van der Waals surface area contributed by atoms with E-state index < -0.39 is 5.97 Å². The quantitative estimate of drug-likeness (QED) is 0.446. The molecule has 142 valence electrons. The van der Waals surface area contributed by atoms with E-state index in [1.54, 1.807) is 44.2 Å². The predicted octanol–water partition coefficient (Wildman–Crippen LogP) is 3.58. The summed E-state index contributed by atoms with van der Waals surface area (Å²) >= 11 is 5.86. The zero-order valence-corrected chi connectivity index (χ0v) is 16.2. The van der Waals surface area contributed by atoms with Gasteiger partial charge in [0, 0.05) is 28.4 Å². The molecular formula is C20H21ClN2O4. The fourth-order valence-corrected chi connectivity index (χ4v) is 3.00. The fraction of sp³-hybridized carbons (Fsp3) is 0.250. The first-order chi connectivity index (χ1) is 12.8. The number of Topliss-reactive ketones (excluding diaryl/α,β-unsaturated/α-hetero) is 1. The molecule has 0 saturated heterocycles. The van der Waals surface area contributed by atoms with Crippen LogP contribution < -0.4 is 0 Å². The predicted molar refractivity (Wildman–Crippen MR) is 103 cm³/mol. The first kappa shape index (κ1) is 20.5. The van der Waals surface area contributed by atoms with Crippen LogP contribution in [0.4, 0.5) is 0 Å². The van der Waals surface area contributed by atoms with Gasteiger partial charge in [-0.05, 0) is 43.7 Å². The number of hydrogen-bond donors (Lipinski definition) is 1. The van der Waals surface area contributed by atoms with Gasteiger partial charge in [0.25, 0.3) is 5.91 Å². The number of carbonyl (C=O) groups excluding carboxylic acids is 3. The molecule has 1 heterocycles. The van der Waals surface area contributed by atoms with Crippen LogP contribution in [-0.4, -0.2) is 47.7 Å². The molecule has 1 aromatic heterocycles. The van der Waals surface area contributed by atoms with Crippen LogP contribution >= 0.6 is 11.6 Å². The van der Waals surface area contributed by atoms with Gasteiger partial charge in [-0.25, -0.2) is 4.79 Å². The van der Waals surface area contributed by atoms with E-state index in [1.165, 1.54) is 12.0 Å². The van der Waals surface area contributed by atoms with Gasteiger partial charge in [0.1, 0.15) is 5.69 Å². The number of carbonyl (C=O) groups is 3. The average molecular weight is 389 g/mol. The van der Waals surface area contributed by atoms with Crippen molar-refractivity contribution in [3.05, 3.63) is 70.0 Å². The Hall–Kier alpha value is -2.86. The summed E-state index contributed by atoms with van der Waals surface area (Å²) in [4.78, 5) is 41.7. The summed E-state index contributed by atoms with van der Waals surface area (Å²) in [7, 11) is 1.27. The largest absolute Gasteiger partial charge is 0.464 e. The van der Waals surface area contributed by atoms with Gasteiger partial charge < -0.3 is 14.6 Å². The number of nitrogens with zero attached hydrogens (tertiary/aromatic N) is 1. The molecule has 0 aliphatic rings. The number of amides is 1. The van der Waals surface area contributed by atoms with Crippen molar-refractivity contribution in [1.29, 1.82) is 0 Å². The van der Waals surface area contributed by atoms with Crippen molar-refractivity contribution < 1.29 is 19.1 Å². The number of nitrogens with one attached hydrogen (secondary N) is 1. The first-order valence-electron chi connectivity index (χ1n) is 8.26. The molecule has 0 bridgehead atoms. The van der Waals surface area contributed by atoms with Crippen LogP contribution in [0.2, 0.25) is 5.02 Å². The number of rotatable bonds is 7. The SMILES string of the molecule is C=CCN(CC(=O)c1c(C)[nH]c(C(=O)OC)c1C)C(=O)c1ccc(Cl)cc1. The molecule has 0 atom stereocenters. The number of methoxy groups -OCH3 is 1. The van der Waals surface area contributed by atoms with E-state index in [9.17, 15) is 14.4 Å². The molecule has 1 amide bonds. The smallest absolute Gasteiger partial charge is 0.354 e. The molecule has 0 aliphatic carbocycles. The zero-order valence-electron chi connectivity index (χ0n) is 15.5. The van der Waals surface area contributed by atoms with E-state index in [0.717, 1.165) is 0 Å². The maximum absolute atomic E-state index is 12.9. The molecule has 0 spiro atoms. The topological polar surface area (TPSA) is 79.5 Å². The van der Waals surface area contributed by atoms with Crippen LogP contribution in [-0.2, 0) is 4.74 Å². The third-order valence-corrected chi connectivity index (χ3v) is 4.42. The van der Waals surface area contributed by atoms with Gasteiger partial charge in [-0.3, -0.25) is 9.59 Å². The lowest BCUT2D eigenvalue weighted by Crippen LogP contribution is -2.36. The van der Waals surface area contributed by atoms with Gasteiger partial charge in [-0.15, -0.1) is 6.58 Å². The third kappa shape index (κ3) is 4.46. The van der Waals surface area contributed by atoms with Gasteiger partial charge in [-0.1, -0.05) is 17.7 Å². The number of aryl methyl sites for hydroxylation is 1. The van der Waals surface area contributed by atoms with Gasteiger partial charge in [0.2, 0.25) is 0 Å². The minimum Gasteiger partial charge on any atom is -0.464 e. The highest BCUT2D eigenvalue weighted by molar-refractivity contribution is 6.30. The second-order valence-corrected chi connectivity index (χ2v) is 6.46. The molecule has 2 aromatic rings. The van der Waals surface area contributed by atoms with Crippen molar-refractivity contribution in [2.75, 3.05) is 20.2 Å². The fourth-order valence-electron chi connectivity index (χ4n) is 2.88. The average Bonchev–Trinajstić information content (AvgIpc) is 2.95. The Bertz CT molecular complexity index is 884. The maximum Gasteiger partial charge on any atom is 0.354 e. The van der Waals surface area contributed by atoms with Crippen molar-refractivity contribution >= 4 is 29.3 Å². The van der Waals surface area contributed by atoms with Crippen molar-refractivity contribution in [3.8, 4) is 0 Å². The number of aromatic nitrogens is 1. The molecule has 6 nitrogen and oxygen atoms in total. The third-order valence-electron chi connectivity index (χ3n) is 4.17. The molecule has 0 aliphatic heterocycles. The Morgan fingerprint density at radius 1 is 1.22 bits per heavy atom. The summed E-state index contributed by atoms with van der Waals surface area (Å²) in [6.45, 7) is 7.08. The van der Waals surface area contributed by atoms with Crippen LogP contribution in [0.5, 0.6) is 0 Å². The van der Waals surface area contributed by atoms with Crippen molar-refractivity contribution in [2.45, 2.75) is 13.8 Å². The zero-order chi connectivity index (χ0) is 20.1. The number of ketones is 1. The van der Waals surface area contributed by atoms with E-state index >= 15 is 0 Å². The number of ether oxygens (including phenoxy) is 1. The van der Waals surface area contributed by atoms with E-state index in [2.05, 4.69) is 11.6 Å². The summed E-state index contributed by atoms with van der Waals surface area (Å²) < 4.78 is 4.72. The summed E-state index contributed by atoms with van der Waals surface area (Å²) in [6.07, 6.45) is 1.55. The Morgan fingerprint density at radius 3 is 2.41 bits per heavy atom. The van der Waals surface area contributed by atoms with E-state index in [4.69, 9.17) is 16.3 Å². The Balaban J connectivity index is 2.29. The molecule has 27 heavy (non-hydrogen) atoms.